The van der Waals surface area contributed by atoms with Crippen molar-refractivity contribution in [2.24, 2.45) is 0 Å². The van der Waals surface area contributed by atoms with Crippen LogP contribution >= 0.6 is 23.2 Å². The quantitative estimate of drug-likeness (QED) is 0.687. The number of fused-ring (bicyclic) bond motifs is 2. The molecule has 3 rings (SSSR count). The molecular weight excluding hydrogens is 349 g/mol. The lowest BCUT2D eigenvalue weighted by Crippen LogP contribution is -2.16. The molecule has 1 N–H and O–H groups in total. The molecule has 0 bridgehead atoms. The first-order chi connectivity index (χ1) is 11.3. The fourth-order valence-electron chi connectivity index (χ4n) is 2.88. The Morgan fingerprint density at radius 3 is 2.46 bits per heavy atom. The lowest BCUT2D eigenvalue weighted by molar-refractivity contribution is -0.137. The Labute approximate surface area is 148 Å². The summed E-state index contributed by atoms with van der Waals surface area (Å²) in [7, 11) is 0. The molecule has 4 nitrogen and oxygen atoms in total. The Bertz CT molecular complexity index is 1040. The molecule has 2 aromatic carbocycles. The summed E-state index contributed by atoms with van der Waals surface area (Å²) in [5.41, 5.74) is 1.73. The van der Waals surface area contributed by atoms with E-state index in [4.69, 9.17) is 23.2 Å². The third-order valence-electron chi connectivity index (χ3n) is 4.10. The first-order valence-electron chi connectivity index (χ1n) is 7.47. The van der Waals surface area contributed by atoms with Gasteiger partial charge in [0, 0.05) is 10.8 Å². The Morgan fingerprint density at radius 1 is 1.17 bits per heavy atom. The van der Waals surface area contributed by atoms with E-state index >= 15 is 0 Å². The van der Waals surface area contributed by atoms with Crippen LogP contribution < -0.4 is 5.43 Å². The Hall–Kier alpha value is -2.04. The molecule has 0 aliphatic carbocycles. The Balaban J connectivity index is 2.58. The zero-order valence-corrected chi connectivity index (χ0v) is 14.6. The summed E-state index contributed by atoms with van der Waals surface area (Å²) < 4.78 is 1.55. The summed E-state index contributed by atoms with van der Waals surface area (Å²) in [4.78, 5) is 24.2. The van der Waals surface area contributed by atoms with Crippen LogP contribution in [-0.4, -0.2) is 15.6 Å². The van der Waals surface area contributed by atoms with Crippen molar-refractivity contribution in [2.45, 2.75) is 26.3 Å². The highest BCUT2D eigenvalue weighted by Gasteiger charge is 2.17. The van der Waals surface area contributed by atoms with E-state index in [1.807, 2.05) is 26.0 Å². The number of benzene rings is 2. The highest BCUT2D eigenvalue weighted by atomic mass is 35.5. The van der Waals surface area contributed by atoms with Gasteiger partial charge in [-0.1, -0.05) is 43.1 Å². The normalized spacial score (nSPS) is 11.5. The van der Waals surface area contributed by atoms with Crippen LogP contribution in [-0.2, 0) is 11.3 Å². The molecular formula is C18H15Cl2NO3. The van der Waals surface area contributed by atoms with Crippen LogP contribution in [0.1, 0.15) is 25.3 Å². The molecule has 3 aromatic rings. The van der Waals surface area contributed by atoms with Gasteiger partial charge >= 0.3 is 5.97 Å². The summed E-state index contributed by atoms with van der Waals surface area (Å²) in [6, 6.07) is 8.62. The SMILES string of the molecule is CC(C)c1ccc2c(=O)c3ccc(Cl)c(Cl)c3n(CC(=O)O)c2c1. The highest BCUT2D eigenvalue weighted by molar-refractivity contribution is 6.45. The molecule has 0 saturated carbocycles. The number of nitrogens with zero attached hydrogens (tertiary/aromatic N) is 1. The number of hydrogen-bond acceptors (Lipinski definition) is 2. The van der Waals surface area contributed by atoms with Gasteiger partial charge in [0.25, 0.3) is 0 Å². The number of hydrogen-bond donors (Lipinski definition) is 1. The van der Waals surface area contributed by atoms with Gasteiger partial charge in [-0.3, -0.25) is 9.59 Å². The standard InChI is InChI=1S/C18H15Cl2NO3/c1-9(2)10-3-4-11-14(7-10)21(8-15(22)23)17-12(18(11)24)5-6-13(19)16(17)20/h3-7,9H,8H2,1-2H3,(H,22,23). The largest absolute Gasteiger partial charge is 0.480 e. The molecule has 24 heavy (non-hydrogen) atoms. The van der Waals surface area contributed by atoms with Crippen LogP contribution in [0.4, 0.5) is 0 Å². The zero-order chi connectivity index (χ0) is 17.6. The number of carboxylic acids is 1. The summed E-state index contributed by atoms with van der Waals surface area (Å²) in [6.07, 6.45) is 0. The third-order valence-corrected chi connectivity index (χ3v) is 4.90. The Kier molecular flexibility index (Phi) is 4.28. The summed E-state index contributed by atoms with van der Waals surface area (Å²) >= 11 is 12.4. The number of halogens is 2. The van der Waals surface area contributed by atoms with Crippen molar-refractivity contribution in [3.8, 4) is 0 Å². The summed E-state index contributed by atoms with van der Waals surface area (Å²) in [5, 5.41) is 10.6. The van der Waals surface area contributed by atoms with Crippen molar-refractivity contribution < 1.29 is 9.90 Å². The molecule has 1 aromatic heterocycles. The zero-order valence-electron chi connectivity index (χ0n) is 13.1. The van der Waals surface area contributed by atoms with Crippen molar-refractivity contribution in [2.75, 3.05) is 0 Å². The molecule has 0 radical (unpaired) electrons. The van der Waals surface area contributed by atoms with Crippen molar-refractivity contribution in [3.63, 3.8) is 0 Å². The smallest absolute Gasteiger partial charge is 0.323 e. The number of carbonyl (C=O) groups is 1. The van der Waals surface area contributed by atoms with Gasteiger partial charge in [-0.05, 0) is 35.7 Å². The topological polar surface area (TPSA) is 59.3 Å². The monoisotopic (exact) mass is 363 g/mol. The molecule has 0 aliphatic rings. The number of aromatic nitrogens is 1. The van der Waals surface area contributed by atoms with E-state index in [1.165, 1.54) is 0 Å². The van der Waals surface area contributed by atoms with Crippen LogP contribution in [0.5, 0.6) is 0 Å². The minimum Gasteiger partial charge on any atom is -0.480 e. The molecule has 6 heteroatoms. The first-order valence-corrected chi connectivity index (χ1v) is 8.22. The van der Waals surface area contributed by atoms with Crippen molar-refractivity contribution in [3.05, 3.63) is 56.2 Å². The van der Waals surface area contributed by atoms with Gasteiger partial charge in [-0.2, -0.15) is 0 Å². The second-order valence-corrected chi connectivity index (χ2v) is 6.78. The van der Waals surface area contributed by atoms with Gasteiger partial charge in [0.15, 0.2) is 5.43 Å². The van der Waals surface area contributed by atoms with E-state index in [0.717, 1.165) is 5.56 Å². The maximum Gasteiger partial charge on any atom is 0.323 e. The Morgan fingerprint density at radius 2 is 1.83 bits per heavy atom. The van der Waals surface area contributed by atoms with Crippen molar-refractivity contribution >= 4 is 51.0 Å². The molecule has 0 atom stereocenters. The average molecular weight is 364 g/mol. The molecule has 0 aliphatic heterocycles. The van der Waals surface area contributed by atoms with Gasteiger partial charge in [0.05, 0.1) is 21.1 Å². The summed E-state index contributed by atoms with van der Waals surface area (Å²) in [5.74, 6) is -0.777. The van der Waals surface area contributed by atoms with Gasteiger partial charge in [-0.25, -0.2) is 0 Å². The van der Waals surface area contributed by atoms with Crippen LogP contribution in [0.25, 0.3) is 21.8 Å². The van der Waals surface area contributed by atoms with E-state index in [9.17, 15) is 14.7 Å². The van der Waals surface area contributed by atoms with Crippen LogP contribution in [0.2, 0.25) is 10.0 Å². The van der Waals surface area contributed by atoms with Crippen LogP contribution in [0.15, 0.2) is 35.1 Å². The second kappa shape index (κ2) is 6.11. The first kappa shape index (κ1) is 16.8. The minimum atomic E-state index is -1.02. The molecule has 124 valence electrons. The van der Waals surface area contributed by atoms with Gasteiger partial charge in [0.1, 0.15) is 6.54 Å². The molecule has 0 saturated heterocycles. The number of carboxylic acid groups (broad SMARTS) is 1. The molecule has 0 amide bonds. The van der Waals surface area contributed by atoms with E-state index in [-0.39, 0.29) is 27.9 Å². The minimum absolute atomic E-state index is 0.185. The lowest BCUT2D eigenvalue weighted by atomic mass is 10.00. The van der Waals surface area contributed by atoms with Crippen molar-refractivity contribution in [1.29, 1.82) is 0 Å². The average Bonchev–Trinajstić information content (AvgIpc) is 2.53. The highest BCUT2D eigenvalue weighted by Crippen LogP contribution is 2.32. The molecule has 0 spiro atoms. The van der Waals surface area contributed by atoms with Crippen LogP contribution in [0, 0.1) is 0 Å². The number of pyridine rings is 1. The molecule has 0 fully saturated rings. The molecule has 0 unspecified atom stereocenters. The summed E-state index contributed by atoms with van der Waals surface area (Å²) in [6.45, 7) is 3.76. The molecule has 1 heterocycles. The van der Waals surface area contributed by atoms with Gasteiger partial charge < -0.3 is 9.67 Å². The maximum atomic E-state index is 12.8. The third kappa shape index (κ3) is 2.66. The number of rotatable bonds is 3. The maximum absolute atomic E-state index is 12.8. The predicted octanol–water partition coefficient (Wildman–Crippen LogP) is 4.67. The van der Waals surface area contributed by atoms with E-state index in [1.54, 1.807) is 22.8 Å². The fraction of sp³-hybridized carbons (Fsp3) is 0.222. The van der Waals surface area contributed by atoms with E-state index in [2.05, 4.69) is 0 Å². The second-order valence-electron chi connectivity index (χ2n) is 6.00. The van der Waals surface area contributed by atoms with E-state index < -0.39 is 5.97 Å². The number of aliphatic carboxylic acids is 1. The van der Waals surface area contributed by atoms with Crippen molar-refractivity contribution in [1.82, 2.24) is 4.57 Å². The van der Waals surface area contributed by atoms with Crippen LogP contribution in [0.3, 0.4) is 0 Å². The fourth-order valence-corrected chi connectivity index (χ4v) is 3.29. The van der Waals surface area contributed by atoms with E-state index in [0.29, 0.717) is 21.8 Å². The lowest BCUT2D eigenvalue weighted by Gasteiger charge is -2.16. The predicted molar refractivity (Wildman–Crippen MR) is 97.5 cm³/mol. The van der Waals surface area contributed by atoms with Gasteiger partial charge in [-0.15, -0.1) is 0 Å². The van der Waals surface area contributed by atoms with Gasteiger partial charge in [0.2, 0.25) is 0 Å².